The lowest BCUT2D eigenvalue weighted by Gasteiger charge is -2.18. The number of hydrogen-bond acceptors (Lipinski definition) is 3. The summed E-state index contributed by atoms with van der Waals surface area (Å²) in [5.74, 6) is -0.347. The molecule has 1 N–H and O–H groups in total. The summed E-state index contributed by atoms with van der Waals surface area (Å²) in [6.45, 7) is 1.52. The van der Waals surface area contributed by atoms with Gasteiger partial charge in [-0.15, -0.1) is 0 Å². The first kappa shape index (κ1) is 17.4. The van der Waals surface area contributed by atoms with E-state index < -0.39 is 10.8 Å². The van der Waals surface area contributed by atoms with Crippen molar-refractivity contribution in [2.75, 3.05) is 24.7 Å². The van der Waals surface area contributed by atoms with E-state index in [4.69, 9.17) is 0 Å². The maximum atomic E-state index is 12.6. The number of nitrogens with one attached hydrogen (secondary N) is 1. The standard InChI is InChI=1S/C19H20N2O3S/c1-25(24)15-10-8-14(9-11-15)18(22)20-17-7-3-2-6-16(17)19(23)21-12-4-5-13-21/h2-3,6-11H,4-5,12-13H2,1H3,(H,20,22). The van der Waals surface area contributed by atoms with E-state index >= 15 is 0 Å². The highest BCUT2D eigenvalue weighted by atomic mass is 32.2. The Morgan fingerprint density at radius 1 is 1.00 bits per heavy atom. The van der Waals surface area contributed by atoms with E-state index in [2.05, 4.69) is 5.32 Å². The number of rotatable bonds is 4. The van der Waals surface area contributed by atoms with Crippen molar-refractivity contribution in [2.45, 2.75) is 17.7 Å². The SMILES string of the molecule is CS(=O)c1ccc(C(=O)Nc2ccccc2C(=O)N2CCCC2)cc1. The molecule has 1 aliphatic heterocycles. The third kappa shape index (κ3) is 3.96. The van der Waals surface area contributed by atoms with Gasteiger partial charge >= 0.3 is 0 Å². The Kier molecular flexibility index (Phi) is 5.28. The number of hydrogen-bond donors (Lipinski definition) is 1. The predicted octanol–water partition coefficient (Wildman–Crippen LogP) is 2.91. The van der Waals surface area contributed by atoms with Crippen LogP contribution in [0.5, 0.6) is 0 Å². The minimum atomic E-state index is -1.08. The fraction of sp³-hybridized carbons (Fsp3) is 0.263. The maximum Gasteiger partial charge on any atom is 0.255 e. The number of anilines is 1. The highest BCUT2D eigenvalue weighted by molar-refractivity contribution is 7.84. The molecule has 25 heavy (non-hydrogen) atoms. The average molecular weight is 356 g/mol. The Morgan fingerprint density at radius 3 is 2.28 bits per heavy atom. The quantitative estimate of drug-likeness (QED) is 0.916. The Bertz CT molecular complexity index is 812. The van der Waals surface area contributed by atoms with Crippen LogP contribution in [0, 0.1) is 0 Å². The predicted molar refractivity (Wildman–Crippen MR) is 98.3 cm³/mol. The molecule has 2 aromatic rings. The Labute approximate surface area is 149 Å². The van der Waals surface area contributed by atoms with Crippen molar-refractivity contribution >= 4 is 28.3 Å². The molecule has 1 unspecified atom stereocenters. The van der Waals surface area contributed by atoms with Crippen molar-refractivity contribution in [1.29, 1.82) is 0 Å². The van der Waals surface area contributed by atoms with Crippen molar-refractivity contribution in [3.8, 4) is 0 Å². The number of likely N-dealkylation sites (tertiary alicyclic amines) is 1. The van der Waals surface area contributed by atoms with Gasteiger partial charge in [-0.2, -0.15) is 0 Å². The van der Waals surface area contributed by atoms with Crippen molar-refractivity contribution in [2.24, 2.45) is 0 Å². The highest BCUT2D eigenvalue weighted by Crippen LogP contribution is 2.21. The molecule has 0 radical (unpaired) electrons. The van der Waals surface area contributed by atoms with Gasteiger partial charge in [0.15, 0.2) is 0 Å². The van der Waals surface area contributed by atoms with Crippen LogP contribution in [-0.2, 0) is 10.8 Å². The number of carbonyl (C=O) groups is 2. The van der Waals surface area contributed by atoms with Crippen LogP contribution in [0.25, 0.3) is 0 Å². The normalized spacial score (nSPS) is 15.0. The van der Waals surface area contributed by atoms with Gasteiger partial charge in [0, 0.05) is 40.6 Å². The first-order valence-corrected chi connectivity index (χ1v) is 9.75. The molecule has 3 rings (SSSR count). The summed E-state index contributed by atoms with van der Waals surface area (Å²) in [5, 5.41) is 2.82. The molecule has 1 fully saturated rings. The molecule has 0 aliphatic carbocycles. The molecule has 0 saturated carbocycles. The summed E-state index contributed by atoms with van der Waals surface area (Å²) >= 11 is 0. The molecular formula is C19H20N2O3S. The lowest BCUT2D eigenvalue weighted by Crippen LogP contribution is -2.28. The zero-order valence-corrected chi connectivity index (χ0v) is 14.8. The topological polar surface area (TPSA) is 66.5 Å². The van der Waals surface area contributed by atoms with Gasteiger partial charge in [0.1, 0.15) is 0 Å². The fourth-order valence-electron chi connectivity index (χ4n) is 2.86. The van der Waals surface area contributed by atoms with Crippen LogP contribution in [0.3, 0.4) is 0 Å². The van der Waals surface area contributed by atoms with Crippen LogP contribution in [0.2, 0.25) is 0 Å². The zero-order chi connectivity index (χ0) is 17.8. The van der Waals surface area contributed by atoms with Gasteiger partial charge in [-0.05, 0) is 49.2 Å². The smallest absolute Gasteiger partial charge is 0.255 e. The summed E-state index contributed by atoms with van der Waals surface area (Å²) in [7, 11) is -1.08. The molecular weight excluding hydrogens is 336 g/mol. The minimum Gasteiger partial charge on any atom is -0.339 e. The fourth-order valence-corrected chi connectivity index (χ4v) is 3.38. The van der Waals surface area contributed by atoms with Crippen LogP contribution in [0.4, 0.5) is 5.69 Å². The number of nitrogens with zero attached hydrogens (tertiary/aromatic N) is 1. The van der Waals surface area contributed by atoms with Crippen LogP contribution in [0.1, 0.15) is 33.6 Å². The molecule has 1 heterocycles. The summed E-state index contributed by atoms with van der Waals surface area (Å²) in [6, 6.07) is 13.7. The van der Waals surface area contributed by atoms with Gasteiger partial charge in [0.05, 0.1) is 11.3 Å². The van der Waals surface area contributed by atoms with Crippen LogP contribution in [0.15, 0.2) is 53.4 Å². The summed E-state index contributed by atoms with van der Waals surface area (Å²) in [4.78, 5) is 27.6. The molecule has 0 bridgehead atoms. The van der Waals surface area contributed by atoms with E-state index in [-0.39, 0.29) is 11.8 Å². The van der Waals surface area contributed by atoms with E-state index in [9.17, 15) is 13.8 Å². The molecule has 0 spiro atoms. The minimum absolute atomic E-state index is 0.0508. The van der Waals surface area contributed by atoms with E-state index in [1.807, 2.05) is 4.90 Å². The molecule has 130 valence electrons. The van der Waals surface area contributed by atoms with Crippen molar-refractivity contribution < 1.29 is 13.8 Å². The summed E-state index contributed by atoms with van der Waals surface area (Å²) in [5.41, 5.74) is 1.47. The largest absolute Gasteiger partial charge is 0.339 e. The van der Waals surface area contributed by atoms with Gasteiger partial charge in [-0.25, -0.2) is 0 Å². The molecule has 1 saturated heterocycles. The lowest BCUT2D eigenvalue weighted by molar-refractivity contribution is 0.0794. The number of carbonyl (C=O) groups excluding carboxylic acids is 2. The van der Waals surface area contributed by atoms with Crippen LogP contribution >= 0.6 is 0 Å². The van der Waals surface area contributed by atoms with E-state index in [1.165, 1.54) is 0 Å². The molecule has 2 aromatic carbocycles. The molecule has 5 nitrogen and oxygen atoms in total. The first-order valence-electron chi connectivity index (χ1n) is 8.19. The van der Waals surface area contributed by atoms with Gasteiger partial charge in [0.25, 0.3) is 11.8 Å². The Balaban J connectivity index is 1.79. The third-order valence-corrected chi connectivity index (χ3v) is 5.18. The molecule has 1 atom stereocenters. The highest BCUT2D eigenvalue weighted by Gasteiger charge is 2.22. The maximum absolute atomic E-state index is 12.6. The zero-order valence-electron chi connectivity index (χ0n) is 14.0. The number of benzene rings is 2. The van der Waals surface area contributed by atoms with E-state index in [1.54, 1.807) is 54.8 Å². The second kappa shape index (κ2) is 7.61. The number of para-hydroxylation sites is 1. The van der Waals surface area contributed by atoms with Crippen LogP contribution in [-0.4, -0.2) is 40.3 Å². The molecule has 1 aliphatic rings. The van der Waals surface area contributed by atoms with E-state index in [0.717, 1.165) is 25.9 Å². The number of amides is 2. The van der Waals surface area contributed by atoms with Gasteiger partial charge < -0.3 is 10.2 Å². The lowest BCUT2D eigenvalue weighted by atomic mass is 10.1. The second-order valence-electron chi connectivity index (χ2n) is 5.98. The first-order chi connectivity index (χ1) is 12.1. The summed E-state index contributed by atoms with van der Waals surface area (Å²) < 4.78 is 11.4. The monoisotopic (exact) mass is 356 g/mol. The molecule has 2 amide bonds. The van der Waals surface area contributed by atoms with Gasteiger partial charge in [0.2, 0.25) is 0 Å². The van der Waals surface area contributed by atoms with Crippen molar-refractivity contribution in [3.05, 3.63) is 59.7 Å². The molecule has 0 aromatic heterocycles. The Morgan fingerprint density at radius 2 is 1.64 bits per heavy atom. The van der Waals surface area contributed by atoms with Crippen LogP contribution < -0.4 is 5.32 Å². The van der Waals surface area contributed by atoms with Gasteiger partial charge in [-0.1, -0.05) is 12.1 Å². The molecule has 6 heteroatoms. The third-order valence-electron chi connectivity index (χ3n) is 4.25. The second-order valence-corrected chi connectivity index (χ2v) is 7.36. The van der Waals surface area contributed by atoms with Crippen molar-refractivity contribution in [3.63, 3.8) is 0 Å². The Hall–Kier alpha value is -2.47. The van der Waals surface area contributed by atoms with Crippen molar-refractivity contribution in [1.82, 2.24) is 4.90 Å². The van der Waals surface area contributed by atoms with Gasteiger partial charge in [-0.3, -0.25) is 13.8 Å². The van der Waals surface area contributed by atoms with E-state index in [0.29, 0.717) is 21.7 Å². The summed E-state index contributed by atoms with van der Waals surface area (Å²) in [6.07, 6.45) is 3.63. The average Bonchev–Trinajstić information content (AvgIpc) is 3.16.